The second-order valence-corrected chi connectivity index (χ2v) is 4.85. The highest BCUT2D eigenvalue weighted by molar-refractivity contribution is 5.90. The molecule has 0 spiro atoms. The lowest BCUT2D eigenvalue weighted by Gasteiger charge is -2.10. The largest absolute Gasteiger partial charge is 0.340 e. The Morgan fingerprint density at radius 2 is 1.70 bits per heavy atom. The van der Waals surface area contributed by atoms with Gasteiger partial charge in [-0.25, -0.2) is 9.97 Å². The van der Waals surface area contributed by atoms with Crippen LogP contribution in [-0.4, -0.2) is 9.97 Å². The van der Waals surface area contributed by atoms with Crippen molar-refractivity contribution in [2.24, 2.45) is 0 Å². The molecule has 3 nitrogen and oxygen atoms in total. The Labute approximate surface area is 118 Å². The van der Waals surface area contributed by atoms with Crippen molar-refractivity contribution in [2.45, 2.75) is 20.3 Å². The zero-order chi connectivity index (χ0) is 13.9. The molecule has 0 saturated heterocycles. The summed E-state index contributed by atoms with van der Waals surface area (Å²) in [6.45, 7) is 4.15. The highest BCUT2D eigenvalue weighted by atomic mass is 15.0. The fourth-order valence-corrected chi connectivity index (χ4v) is 2.15. The minimum atomic E-state index is 0.827. The Morgan fingerprint density at radius 1 is 0.950 bits per heavy atom. The molecule has 0 atom stereocenters. The van der Waals surface area contributed by atoms with Crippen LogP contribution in [-0.2, 0) is 6.42 Å². The highest BCUT2D eigenvalue weighted by Gasteiger charge is 2.06. The number of nitrogens with zero attached hydrogens (tertiary/aromatic N) is 2. The zero-order valence-electron chi connectivity index (χ0n) is 11.7. The van der Waals surface area contributed by atoms with E-state index in [1.165, 1.54) is 5.56 Å². The molecule has 0 fully saturated rings. The second kappa shape index (κ2) is 5.29. The van der Waals surface area contributed by atoms with Crippen molar-refractivity contribution in [1.29, 1.82) is 0 Å². The smallest absolute Gasteiger partial charge is 0.142 e. The van der Waals surface area contributed by atoms with Crippen molar-refractivity contribution in [2.75, 3.05) is 5.32 Å². The number of hydrogen-bond acceptors (Lipinski definition) is 3. The molecule has 0 unspecified atom stereocenters. The monoisotopic (exact) mass is 263 g/mol. The minimum absolute atomic E-state index is 0.827. The third-order valence-electron chi connectivity index (χ3n) is 3.28. The molecule has 0 amide bonds. The number of anilines is 2. The summed E-state index contributed by atoms with van der Waals surface area (Å²) >= 11 is 0. The lowest BCUT2D eigenvalue weighted by atomic mass is 10.2. The van der Waals surface area contributed by atoms with Gasteiger partial charge in [-0.05, 0) is 31.2 Å². The third-order valence-corrected chi connectivity index (χ3v) is 3.28. The van der Waals surface area contributed by atoms with Crippen LogP contribution in [0.3, 0.4) is 0 Å². The van der Waals surface area contributed by atoms with Gasteiger partial charge in [0.2, 0.25) is 0 Å². The van der Waals surface area contributed by atoms with Crippen LogP contribution in [0.2, 0.25) is 0 Å². The first-order chi connectivity index (χ1) is 9.76. The molecule has 1 heterocycles. The molecule has 100 valence electrons. The molecule has 1 N–H and O–H groups in total. The van der Waals surface area contributed by atoms with Crippen molar-refractivity contribution in [3.8, 4) is 0 Å². The van der Waals surface area contributed by atoms with Crippen LogP contribution in [0.1, 0.15) is 18.3 Å². The van der Waals surface area contributed by atoms with Gasteiger partial charge >= 0.3 is 0 Å². The Balaban J connectivity index is 2.07. The SMILES string of the molecule is CCc1nc(Nc2ccc(C)cc2)c2ccccc2n1. The summed E-state index contributed by atoms with van der Waals surface area (Å²) in [6, 6.07) is 16.4. The summed E-state index contributed by atoms with van der Waals surface area (Å²) in [6.07, 6.45) is 0.827. The van der Waals surface area contributed by atoms with Gasteiger partial charge in [0.1, 0.15) is 11.6 Å². The predicted octanol–water partition coefficient (Wildman–Crippen LogP) is 4.24. The second-order valence-electron chi connectivity index (χ2n) is 4.85. The van der Waals surface area contributed by atoms with Gasteiger partial charge in [0.05, 0.1) is 5.52 Å². The first kappa shape index (κ1) is 12.6. The van der Waals surface area contributed by atoms with Gasteiger partial charge in [-0.3, -0.25) is 0 Å². The van der Waals surface area contributed by atoms with E-state index in [9.17, 15) is 0 Å². The molecule has 0 radical (unpaired) electrons. The van der Waals surface area contributed by atoms with E-state index in [0.29, 0.717) is 0 Å². The van der Waals surface area contributed by atoms with E-state index in [2.05, 4.69) is 53.4 Å². The van der Waals surface area contributed by atoms with Crippen molar-refractivity contribution >= 4 is 22.4 Å². The standard InChI is InChI=1S/C17H17N3/c1-3-16-19-15-7-5-4-6-14(15)17(20-16)18-13-10-8-12(2)9-11-13/h4-11H,3H2,1-2H3,(H,18,19,20). The van der Waals surface area contributed by atoms with Crippen LogP contribution in [0.4, 0.5) is 11.5 Å². The molecule has 0 bridgehead atoms. The van der Waals surface area contributed by atoms with E-state index in [1.54, 1.807) is 0 Å². The molecular weight excluding hydrogens is 246 g/mol. The van der Waals surface area contributed by atoms with Gasteiger partial charge in [0, 0.05) is 17.5 Å². The summed E-state index contributed by atoms with van der Waals surface area (Å²) in [7, 11) is 0. The zero-order valence-corrected chi connectivity index (χ0v) is 11.7. The maximum absolute atomic E-state index is 4.61. The predicted molar refractivity (Wildman–Crippen MR) is 83.4 cm³/mol. The summed E-state index contributed by atoms with van der Waals surface area (Å²) in [5, 5.41) is 4.44. The molecule has 0 aliphatic rings. The van der Waals surface area contributed by atoms with Crippen molar-refractivity contribution in [3.05, 3.63) is 59.9 Å². The number of fused-ring (bicyclic) bond motifs is 1. The Morgan fingerprint density at radius 3 is 2.45 bits per heavy atom. The summed E-state index contributed by atoms with van der Waals surface area (Å²) in [4.78, 5) is 9.17. The average molecular weight is 263 g/mol. The molecule has 0 saturated carbocycles. The van der Waals surface area contributed by atoms with Gasteiger partial charge in [0.15, 0.2) is 0 Å². The fourth-order valence-electron chi connectivity index (χ4n) is 2.15. The average Bonchev–Trinajstić information content (AvgIpc) is 2.49. The number of aromatic nitrogens is 2. The highest BCUT2D eigenvalue weighted by Crippen LogP contribution is 2.24. The number of benzene rings is 2. The van der Waals surface area contributed by atoms with E-state index in [4.69, 9.17) is 0 Å². The number of hydrogen-bond donors (Lipinski definition) is 1. The van der Waals surface area contributed by atoms with E-state index in [-0.39, 0.29) is 0 Å². The summed E-state index contributed by atoms with van der Waals surface area (Å²) < 4.78 is 0. The van der Waals surface area contributed by atoms with Crippen LogP contribution in [0.25, 0.3) is 10.9 Å². The molecule has 0 aliphatic heterocycles. The van der Waals surface area contributed by atoms with Gasteiger partial charge in [-0.1, -0.05) is 36.8 Å². The van der Waals surface area contributed by atoms with Gasteiger partial charge in [0.25, 0.3) is 0 Å². The summed E-state index contributed by atoms with van der Waals surface area (Å²) in [5.74, 6) is 1.73. The third kappa shape index (κ3) is 2.48. The van der Waals surface area contributed by atoms with E-state index in [0.717, 1.165) is 34.7 Å². The van der Waals surface area contributed by atoms with E-state index < -0.39 is 0 Å². The molecule has 1 aromatic heterocycles. The first-order valence-corrected chi connectivity index (χ1v) is 6.85. The van der Waals surface area contributed by atoms with Crippen molar-refractivity contribution in [3.63, 3.8) is 0 Å². The van der Waals surface area contributed by atoms with Gasteiger partial charge in [-0.15, -0.1) is 0 Å². The molecule has 3 rings (SSSR count). The molecule has 2 aromatic carbocycles. The number of nitrogens with one attached hydrogen (secondary N) is 1. The Kier molecular flexibility index (Phi) is 3.33. The quantitative estimate of drug-likeness (QED) is 0.768. The summed E-state index contributed by atoms with van der Waals surface area (Å²) in [5.41, 5.74) is 3.27. The van der Waals surface area contributed by atoms with Crippen LogP contribution in [0.15, 0.2) is 48.5 Å². The van der Waals surface area contributed by atoms with Gasteiger partial charge in [-0.2, -0.15) is 0 Å². The number of rotatable bonds is 3. The normalized spacial score (nSPS) is 10.7. The van der Waals surface area contributed by atoms with E-state index >= 15 is 0 Å². The van der Waals surface area contributed by atoms with Gasteiger partial charge < -0.3 is 5.32 Å². The fraction of sp³-hybridized carbons (Fsp3) is 0.176. The molecule has 3 aromatic rings. The molecule has 0 aliphatic carbocycles. The van der Waals surface area contributed by atoms with Crippen LogP contribution < -0.4 is 5.32 Å². The number of para-hydroxylation sites is 1. The van der Waals surface area contributed by atoms with Crippen molar-refractivity contribution < 1.29 is 0 Å². The molecule has 20 heavy (non-hydrogen) atoms. The maximum Gasteiger partial charge on any atom is 0.142 e. The maximum atomic E-state index is 4.61. The Hall–Kier alpha value is -2.42. The number of aryl methyl sites for hydroxylation is 2. The topological polar surface area (TPSA) is 37.8 Å². The van der Waals surface area contributed by atoms with Crippen LogP contribution in [0, 0.1) is 6.92 Å². The lowest BCUT2D eigenvalue weighted by molar-refractivity contribution is 0.964. The van der Waals surface area contributed by atoms with Crippen molar-refractivity contribution in [1.82, 2.24) is 9.97 Å². The molecular formula is C17H17N3. The Bertz CT molecular complexity index is 733. The molecule has 3 heteroatoms. The lowest BCUT2D eigenvalue weighted by Crippen LogP contribution is -2.00. The van der Waals surface area contributed by atoms with E-state index in [1.807, 2.05) is 24.3 Å². The van der Waals surface area contributed by atoms with Crippen LogP contribution >= 0.6 is 0 Å². The minimum Gasteiger partial charge on any atom is -0.340 e. The first-order valence-electron chi connectivity index (χ1n) is 6.85. The van der Waals surface area contributed by atoms with Crippen LogP contribution in [0.5, 0.6) is 0 Å².